The molecule has 0 N–H and O–H groups in total. The van der Waals surface area contributed by atoms with Crippen LogP contribution in [-0.4, -0.2) is 18.7 Å². The van der Waals surface area contributed by atoms with Crippen LogP contribution in [0.4, 0.5) is 0 Å². The van der Waals surface area contributed by atoms with Crippen LogP contribution in [0.2, 0.25) is 0 Å². The maximum atomic E-state index is 10.8. The van der Waals surface area contributed by atoms with Gasteiger partial charge >= 0.3 is 0 Å². The third kappa shape index (κ3) is 3.04. The zero-order chi connectivity index (χ0) is 14.9. The molecule has 0 saturated carbocycles. The molecule has 108 valence electrons. The van der Waals surface area contributed by atoms with Crippen molar-refractivity contribution < 1.29 is 17.5 Å². The number of hydrogen-bond acceptors (Lipinski definition) is 3. The Morgan fingerprint density at radius 1 is 0.905 bits per heavy atom. The number of fused-ring (bicyclic) bond motifs is 2. The second kappa shape index (κ2) is 5.42. The third-order valence-corrected chi connectivity index (χ3v) is 4.33. The van der Waals surface area contributed by atoms with Crippen molar-refractivity contribution in [3.05, 3.63) is 54.6 Å². The topological polar surface area (TPSA) is 61.1 Å². The molecule has 0 aliphatic rings. The number of para-hydroxylation sites is 2. The highest BCUT2D eigenvalue weighted by atomic mass is 32.2. The summed E-state index contributed by atoms with van der Waals surface area (Å²) in [4.78, 5) is 0. The smallest absolute Gasteiger partial charge is 0.212 e. The van der Waals surface area contributed by atoms with Crippen molar-refractivity contribution in [2.45, 2.75) is 13.0 Å². The molecule has 0 radical (unpaired) electrons. The van der Waals surface area contributed by atoms with Crippen LogP contribution in [0.25, 0.3) is 21.8 Å². The molecule has 0 unspecified atom stereocenters. The van der Waals surface area contributed by atoms with E-state index >= 15 is 0 Å². The van der Waals surface area contributed by atoms with E-state index in [0.717, 1.165) is 21.8 Å². The first-order valence-electron chi connectivity index (χ1n) is 6.78. The monoisotopic (exact) mass is 301 g/mol. The Morgan fingerprint density at radius 3 is 1.95 bits per heavy atom. The first-order valence-corrected chi connectivity index (χ1v) is 8.36. The van der Waals surface area contributed by atoms with E-state index in [1.165, 1.54) is 0 Å². The summed E-state index contributed by atoms with van der Waals surface area (Å²) in [5.41, 5.74) is 2.08. The summed E-state index contributed by atoms with van der Waals surface area (Å²) in [6.45, 7) is 0.503. The molecule has 0 fully saturated rings. The van der Waals surface area contributed by atoms with Crippen LogP contribution in [-0.2, 0) is 16.7 Å². The van der Waals surface area contributed by atoms with E-state index in [1.807, 2.05) is 48.5 Å². The lowest BCUT2D eigenvalue weighted by Gasteiger charge is -2.07. The van der Waals surface area contributed by atoms with Crippen LogP contribution in [0.3, 0.4) is 0 Å². The van der Waals surface area contributed by atoms with Gasteiger partial charge in [0.25, 0.3) is 0 Å². The highest BCUT2D eigenvalue weighted by molar-refractivity contribution is 7.85. The Kier molecular flexibility index (Phi) is 3.61. The molecule has 0 bridgehead atoms. The van der Waals surface area contributed by atoms with Crippen molar-refractivity contribution in [3.63, 3.8) is 0 Å². The quantitative estimate of drug-likeness (QED) is 0.422. The fourth-order valence-corrected chi connectivity index (χ4v) is 3.13. The van der Waals surface area contributed by atoms with E-state index in [2.05, 4.69) is 10.6 Å². The average molecular weight is 301 g/mol. The highest BCUT2D eigenvalue weighted by Gasteiger charge is 2.14. The van der Waals surface area contributed by atoms with E-state index in [4.69, 9.17) is 0 Å². The molecule has 0 saturated heterocycles. The van der Waals surface area contributed by atoms with Gasteiger partial charge in [-0.05, 0) is 18.2 Å². The van der Waals surface area contributed by atoms with Crippen molar-refractivity contribution in [3.8, 4) is 0 Å². The van der Waals surface area contributed by atoms with Gasteiger partial charge in [0.15, 0.2) is 6.54 Å². The Bertz CT molecular complexity index is 850. The van der Waals surface area contributed by atoms with Gasteiger partial charge in [-0.1, -0.05) is 24.3 Å². The summed E-state index contributed by atoms with van der Waals surface area (Å²) in [6.07, 6.45) is 0.314. The average Bonchev–Trinajstić information content (AvgIpc) is 2.45. The van der Waals surface area contributed by atoms with E-state index in [1.54, 1.807) is 0 Å². The summed E-state index contributed by atoms with van der Waals surface area (Å²) < 4.78 is 34.4. The Morgan fingerprint density at radius 2 is 1.43 bits per heavy atom. The summed E-state index contributed by atoms with van der Waals surface area (Å²) in [5.74, 6) is -0.336. The Labute approximate surface area is 123 Å². The molecule has 0 atom stereocenters. The lowest BCUT2D eigenvalue weighted by Crippen LogP contribution is -2.36. The second-order valence-corrected chi connectivity index (χ2v) is 6.55. The van der Waals surface area contributed by atoms with Crippen molar-refractivity contribution in [2.75, 3.05) is 5.75 Å². The van der Waals surface area contributed by atoms with Gasteiger partial charge in [0.2, 0.25) is 11.0 Å². The lowest BCUT2D eigenvalue weighted by molar-refractivity contribution is -0.645. The number of pyridine rings is 1. The normalized spacial score (nSPS) is 12.0. The number of rotatable bonds is 4. The van der Waals surface area contributed by atoms with Gasteiger partial charge in [-0.2, -0.15) is 4.57 Å². The van der Waals surface area contributed by atoms with Crippen molar-refractivity contribution in [2.24, 2.45) is 0 Å². The van der Waals surface area contributed by atoms with Gasteiger partial charge in [-0.15, -0.1) is 0 Å². The van der Waals surface area contributed by atoms with Crippen LogP contribution < -0.4 is 4.57 Å². The Hall–Kier alpha value is -1.98. The first-order chi connectivity index (χ1) is 10.0. The Balaban J connectivity index is 2.11. The maximum absolute atomic E-state index is 10.8. The number of nitrogens with zero attached hydrogens (tertiary/aromatic N) is 1. The van der Waals surface area contributed by atoms with Gasteiger partial charge < -0.3 is 4.55 Å². The van der Waals surface area contributed by atoms with E-state index in [0.29, 0.717) is 13.0 Å². The first kappa shape index (κ1) is 14.0. The largest absolute Gasteiger partial charge is 0.748 e. The van der Waals surface area contributed by atoms with Crippen LogP contribution >= 0.6 is 0 Å². The summed E-state index contributed by atoms with van der Waals surface area (Å²) in [6, 6.07) is 18.1. The standard InChI is InChI=1S/C16H15NO3S/c18-21(19,20)11-5-10-17-15-8-3-1-6-13(15)12-14-7-2-4-9-16(14)17/h1-4,6-9,12H,5,10-11H2. The third-order valence-electron chi connectivity index (χ3n) is 3.54. The molecule has 2 aromatic carbocycles. The molecule has 0 spiro atoms. The molecule has 3 rings (SSSR count). The van der Waals surface area contributed by atoms with Gasteiger partial charge in [-0.25, -0.2) is 8.42 Å². The van der Waals surface area contributed by atoms with Crippen LogP contribution in [0.15, 0.2) is 54.6 Å². The molecule has 3 aromatic rings. The van der Waals surface area contributed by atoms with Gasteiger partial charge in [-0.3, -0.25) is 0 Å². The minimum atomic E-state index is -4.16. The zero-order valence-corrected chi connectivity index (χ0v) is 12.2. The summed E-state index contributed by atoms with van der Waals surface area (Å²) in [7, 11) is -4.16. The molecule has 0 aliphatic carbocycles. The molecule has 1 aromatic heterocycles. The number of aryl methyl sites for hydroxylation is 1. The van der Waals surface area contributed by atoms with Gasteiger partial charge in [0, 0.05) is 35.1 Å². The SMILES string of the molecule is O=S(=O)([O-])CCC[n+]1c2ccccc2cc2ccccc21. The minimum Gasteiger partial charge on any atom is -0.748 e. The van der Waals surface area contributed by atoms with Crippen LogP contribution in [0.1, 0.15) is 6.42 Å². The van der Waals surface area contributed by atoms with Crippen molar-refractivity contribution in [1.29, 1.82) is 0 Å². The molecule has 0 aliphatic heterocycles. The highest BCUT2D eigenvalue weighted by Crippen LogP contribution is 2.18. The summed E-state index contributed by atoms with van der Waals surface area (Å²) >= 11 is 0. The van der Waals surface area contributed by atoms with E-state index in [9.17, 15) is 13.0 Å². The molecule has 0 amide bonds. The molecule has 4 nitrogen and oxygen atoms in total. The van der Waals surface area contributed by atoms with Crippen molar-refractivity contribution in [1.82, 2.24) is 0 Å². The van der Waals surface area contributed by atoms with Gasteiger partial charge in [0.1, 0.15) is 0 Å². The predicted octanol–water partition coefficient (Wildman–Crippen LogP) is 2.22. The molecule has 5 heteroatoms. The predicted molar refractivity (Wildman–Crippen MR) is 80.8 cm³/mol. The van der Waals surface area contributed by atoms with E-state index in [-0.39, 0.29) is 5.75 Å². The van der Waals surface area contributed by atoms with Crippen LogP contribution in [0, 0.1) is 0 Å². The van der Waals surface area contributed by atoms with Crippen molar-refractivity contribution >= 4 is 31.9 Å². The fourth-order valence-electron chi connectivity index (χ4n) is 2.65. The molecule has 1 heterocycles. The van der Waals surface area contributed by atoms with E-state index < -0.39 is 10.1 Å². The maximum Gasteiger partial charge on any atom is 0.212 e. The summed E-state index contributed by atoms with van der Waals surface area (Å²) in [5, 5.41) is 2.20. The molecule has 21 heavy (non-hydrogen) atoms. The number of aromatic nitrogens is 1. The molecular formula is C16H15NO3S. The number of benzene rings is 2. The number of hydrogen-bond donors (Lipinski definition) is 0. The fraction of sp³-hybridized carbons (Fsp3) is 0.188. The van der Waals surface area contributed by atoms with Gasteiger partial charge in [0.05, 0.1) is 10.1 Å². The lowest BCUT2D eigenvalue weighted by atomic mass is 10.1. The molecular weight excluding hydrogens is 286 g/mol. The zero-order valence-electron chi connectivity index (χ0n) is 11.4. The van der Waals surface area contributed by atoms with Crippen LogP contribution in [0.5, 0.6) is 0 Å². The minimum absolute atomic E-state index is 0.314. The second-order valence-electron chi connectivity index (χ2n) is 5.03.